The van der Waals surface area contributed by atoms with Crippen molar-refractivity contribution in [2.24, 2.45) is 0 Å². The van der Waals surface area contributed by atoms with Crippen LogP contribution in [0.4, 0.5) is 0 Å². The number of hydrogen-bond donors (Lipinski definition) is 0. The van der Waals surface area contributed by atoms with Crippen molar-refractivity contribution in [3.63, 3.8) is 0 Å². The van der Waals surface area contributed by atoms with E-state index in [2.05, 4.69) is 322 Å². The number of para-hydroxylation sites is 1. The molecule has 26 rings (SSSR count). The predicted octanol–water partition coefficient (Wildman–Crippen LogP) is 29.6. The van der Waals surface area contributed by atoms with Crippen LogP contribution < -0.4 is 0 Å². The topological polar surface area (TPSA) is 129 Å². The van der Waals surface area contributed by atoms with Crippen molar-refractivity contribution in [2.75, 3.05) is 0 Å². The van der Waals surface area contributed by atoms with E-state index in [4.69, 9.17) is 49.3 Å². The molecule has 0 saturated heterocycles. The summed E-state index contributed by atoms with van der Waals surface area (Å²) < 4.78 is 14.5. The molecule has 0 atom stereocenters. The zero-order chi connectivity index (χ0) is 87.4. The summed E-state index contributed by atoms with van der Waals surface area (Å²) in [6, 6.07) is 155. The molecular weight excluding hydrogens is 1810 g/mol. The van der Waals surface area contributed by atoms with Crippen LogP contribution in [-0.2, 0) is 0 Å². The van der Waals surface area contributed by atoms with Gasteiger partial charge in [0.1, 0.15) is 0 Å². The van der Waals surface area contributed by atoms with Crippen molar-refractivity contribution >= 4 is 145 Å². The molecule has 10 nitrogen and oxygen atoms in total. The molecule has 618 valence electrons. The molecule has 7 aromatic heterocycles. The first-order valence-electron chi connectivity index (χ1n) is 43.8. The first kappa shape index (κ1) is 79.5. The Hall–Kier alpha value is -15.9. The quantitative estimate of drug-likeness (QED) is 0.103. The van der Waals surface area contributed by atoms with Gasteiger partial charge >= 0.3 is 748 Å². The van der Waals surface area contributed by atoms with E-state index < -0.39 is 0 Å². The van der Waals surface area contributed by atoms with E-state index in [-0.39, 0.29) is 43.5 Å². The fourth-order valence-corrected chi connectivity index (χ4v) is 25.8. The van der Waals surface area contributed by atoms with E-state index in [0.29, 0.717) is 52.4 Å². The normalized spacial score (nSPS) is 11.5. The van der Waals surface area contributed by atoms with E-state index in [0.717, 1.165) is 77.6 Å². The molecule has 0 amide bonds. The third kappa shape index (κ3) is 15.3. The van der Waals surface area contributed by atoms with Crippen molar-refractivity contribution in [1.29, 1.82) is 0 Å². The first-order valence-corrected chi connectivity index (χ1v) is 49.0. The Morgan fingerprint density at radius 1 is 0.152 bits per heavy atom. The molecule has 19 aromatic carbocycles. The van der Waals surface area contributed by atoms with E-state index >= 15 is 0 Å². The molecule has 0 fully saturated rings. The molecule has 0 N–H and O–H groups in total. The van der Waals surface area contributed by atoms with E-state index in [9.17, 15) is 0 Å². The average Bonchev–Trinajstić information content (AvgIpc) is 1.60. The summed E-state index contributed by atoms with van der Waals surface area (Å²) in [6.07, 6.45) is 0. The van der Waals surface area contributed by atoms with Crippen LogP contribution in [0.25, 0.3) is 248 Å². The van der Waals surface area contributed by atoms with Gasteiger partial charge in [0.15, 0.2) is 0 Å². The first-order chi connectivity index (χ1) is 65.4. The fourth-order valence-electron chi connectivity index (χ4n) is 17.9. The summed E-state index contributed by atoms with van der Waals surface area (Å²) in [5, 5.41) is 14.8. The maximum atomic E-state index is 6.10. The second-order valence-corrected chi connectivity index (χ2v) is 39.2. The zero-order valence-electron chi connectivity index (χ0n) is 70.8. The second kappa shape index (κ2) is 34.6. The Morgan fingerprint density at radius 2 is 0.447 bits per heavy atom. The summed E-state index contributed by atoms with van der Waals surface area (Å²) in [5.41, 5.74) is 20.6. The molecule has 0 aliphatic rings. The maximum absolute atomic E-state index is 6.10. The molecule has 0 aliphatic heterocycles. The van der Waals surface area contributed by atoms with Crippen LogP contribution >= 0.6 is 0 Å². The summed E-state index contributed by atoms with van der Waals surface area (Å²) in [4.78, 5) is 45.3. The summed E-state index contributed by atoms with van der Waals surface area (Å²) in [5.74, 6) is 6.05. The number of fused-ring (bicyclic) bond motifs is 14. The molecular formula is C119H73N9OSe3. The Labute approximate surface area is 777 Å². The van der Waals surface area contributed by atoms with Crippen molar-refractivity contribution in [3.8, 4) is 147 Å². The molecule has 13 heteroatoms. The van der Waals surface area contributed by atoms with Gasteiger partial charge in [0.25, 0.3) is 0 Å². The number of rotatable bonds is 13. The standard InChI is InChI=1S/C43H25N3OSe.C39H25N3Se.C37H23N3Se/c1-2-10-27(11-3-1)41-44-42(30-19-21-38-35(24-30)33-13-6-7-16-37(33)47-38)46-43(45-41)31-20-22-39-36(25-31)34-15-8-14-32(40(34)48-39)29-18-17-26-9-4-5-12-28(26)23-29;1-4-12-26(13-5-1)27-22-24-30(25-23-27)38-40-37(29-16-8-3-9-17-29)41-39(42-38)33-20-11-21-34-35(33)32-19-10-18-31(36(32)43-34)28-14-6-2-7-15-28;1-3-12-25(13-4-1)35-38-36(26-14-5-2-6-15-26)40-37(39-35)31-19-10-20-32-33(31)30-18-9-17-29(34(30)41-32)28-22-21-24-11-7-8-16-27(24)23-28/h1-25H;1-25H;1-23H. The van der Waals surface area contributed by atoms with Crippen molar-refractivity contribution < 1.29 is 4.42 Å². The molecule has 132 heavy (non-hydrogen) atoms. The van der Waals surface area contributed by atoms with Gasteiger partial charge in [0.05, 0.1) is 0 Å². The minimum absolute atomic E-state index is 0.167. The Kier molecular flexibility index (Phi) is 20.8. The summed E-state index contributed by atoms with van der Waals surface area (Å²) in [6.45, 7) is 0. The molecule has 0 aliphatic carbocycles. The minimum atomic E-state index is 0.167. The zero-order valence-corrected chi connectivity index (χ0v) is 75.9. The van der Waals surface area contributed by atoms with Gasteiger partial charge in [-0.2, -0.15) is 0 Å². The van der Waals surface area contributed by atoms with Gasteiger partial charge in [0.2, 0.25) is 0 Å². The van der Waals surface area contributed by atoms with Gasteiger partial charge < -0.3 is 0 Å². The average molecular weight is 1880 g/mol. The number of benzene rings is 19. The van der Waals surface area contributed by atoms with Crippen molar-refractivity contribution in [3.05, 3.63) is 443 Å². The van der Waals surface area contributed by atoms with Gasteiger partial charge in [-0.3, -0.25) is 0 Å². The van der Waals surface area contributed by atoms with E-state index in [1.165, 1.54) is 118 Å². The van der Waals surface area contributed by atoms with Gasteiger partial charge in [0, 0.05) is 0 Å². The van der Waals surface area contributed by atoms with Crippen molar-refractivity contribution in [2.45, 2.75) is 0 Å². The van der Waals surface area contributed by atoms with E-state index in [1.54, 1.807) is 0 Å². The Balaban J connectivity index is 0.000000110. The van der Waals surface area contributed by atoms with Crippen LogP contribution in [0.2, 0.25) is 0 Å². The molecule has 0 radical (unpaired) electrons. The van der Waals surface area contributed by atoms with Gasteiger partial charge in [-0.15, -0.1) is 0 Å². The van der Waals surface area contributed by atoms with Gasteiger partial charge in [-0.1, -0.05) is 30.3 Å². The molecule has 0 saturated carbocycles. The van der Waals surface area contributed by atoms with Gasteiger partial charge in [-0.25, -0.2) is 0 Å². The number of furan rings is 1. The molecule has 0 unspecified atom stereocenters. The number of aromatic nitrogens is 9. The van der Waals surface area contributed by atoms with Crippen LogP contribution in [0, 0.1) is 0 Å². The van der Waals surface area contributed by atoms with Crippen LogP contribution in [0.5, 0.6) is 0 Å². The molecule has 0 spiro atoms. The van der Waals surface area contributed by atoms with Crippen LogP contribution in [-0.4, -0.2) is 88.4 Å². The molecule has 7 heterocycles. The fraction of sp³-hybridized carbons (Fsp3) is 0. The third-order valence-corrected chi connectivity index (χ3v) is 32.0. The van der Waals surface area contributed by atoms with E-state index in [1.807, 2.05) is 121 Å². The summed E-state index contributed by atoms with van der Waals surface area (Å²) >= 11 is 0.534. The predicted molar refractivity (Wildman–Crippen MR) is 548 cm³/mol. The van der Waals surface area contributed by atoms with Crippen LogP contribution in [0.3, 0.4) is 0 Å². The summed E-state index contributed by atoms with van der Waals surface area (Å²) in [7, 11) is 0. The molecule has 0 bridgehead atoms. The second-order valence-electron chi connectivity index (χ2n) is 32.5. The SMILES string of the molecule is c1ccc(-c2ccc(-c3nc(-c4ccccc4)nc(-c4cccc5[se]c6c(-c7ccccc7)cccc6c45)n3)cc2)cc1.c1ccc(-c2nc(-c3ccc4oc5ccccc5c4c3)nc(-c3ccc4[se]c5c(-c6ccc7ccccc7c6)cccc5c4c3)n2)cc1.c1ccc(-c2nc(-c3ccccc3)nc(-c3cccc4[se]c5c(-c6ccc7ccccc7c6)cccc5c34)n2)cc1. The van der Waals surface area contributed by atoms with Crippen LogP contribution in [0.15, 0.2) is 447 Å². The Morgan fingerprint density at radius 3 is 0.917 bits per heavy atom. The van der Waals surface area contributed by atoms with Gasteiger partial charge in [-0.05, 0) is 6.07 Å². The number of hydrogen-bond acceptors (Lipinski definition) is 10. The third-order valence-electron chi connectivity index (χ3n) is 24.4. The monoisotopic (exact) mass is 1880 g/mol. The van der Waals surface area contributed by atoms with Crippen LogP contribution in [0.1, 0.15) is 0 Å². The van der Waals surface area contributed by atoms with Crippen molar-refractivity contribution in [1.82, 2.24) is 44.9 Å². The molecule has 26 aromatic rings. The number of nitrogens with zero attached hydrogens (tertiary/aromatic N) is 9. The Bertz CT molecular complexity index is 8840.